The normalized spacial score (nSPS) is 12.6. The van der Waals surface area contributed by atoms with E-state index in [1.54, 1.807) is 45.9 Å². The maximum atomic E-state index is 12.3. The number of rotatable bonds is 4. The fourth-order valence-corrected chi connectivity index (χ4v) is 2.79. The van der Waals surface area contributed by atoms with Gasteiger partial charge in [0.25, 0.3) is 0 Å². The zero-order chi connectivity index (χ0) is 17.1. The molecule has 1 amide bonds. The number of carboxylic acids is 1. The summed E-state index contributed by atoms with van der Waals surface area (Å²) in [5.74, 6) is -1.14. The van der Waals surface area contributed by atoms with Crippen LogP contribution in [-0.2, 0) is 9.53 Å². The average Bonchev–Trinajstić information content (AvgIpc) is 2.34. The van der Waals surface area contributed by atoms with Gasteiger partial charge in [-0.1, -0.05) is 33.6 Å². The molecular weight excluding hydrogens is 374 g/mol. The molecule has 1 N–H and O–H groups in total. The Hall–Kier alpha value is -1.27. The number of ether oxygens (including phenoxy) is 1. The number of carbonyl (C=O) groups is 2. The van der Waals surface area contributed by atoms with E-state index in [1.165, 1.54) is 4.90 Å². The third kappa shape index (κ3) is 4.88. The van der Waals surface area contributed by atoms with Gasteiger partial charge in [-0.2, -0.15) is 0 Å². The molecule has 0 heterocycles. The quantitative estimate of drug-likeness (QED) is 0.820. The van der Waals surface area contributed by atoms with Crippen LogP contribution in [0.25, 0.3) is 0 Å². The third-order valence-corrected chi connectivity index (χ3v) is 3.69. The first-order chi connectivity index (χ1) is 10.1. The van der Waals surface area contributed by atoms with Gasteiger partial charge in [0.2, 0.25) is 0 Å². The van der Waals surface area contributed by atoms with Crippen molar-refractivity contribution in [2.45, 2.75) is 39.3 Å². The van der Waals surface area contributed by atoms with E-state index in [-0.39, 0.29) is 6.54 Å². The van der Waals surface area contributed by atoms with Crippen molar-refractivity contribution in [1.82, 2.24) is 4.90 Å². The highest BCUT2D eigenvalue weighted by molar-refractivity contribution is 9.10. The number of nitrogens with zero attached hydrogens (tertiary/aromatic N) is 1. The number of likely N-dealkylation sites (N-methyl/N-ethyl adjacent to an activating group) is 1. The molecule has 0 aliphatic rings. The predicted octanol–water partition coefficient (Wildman–Crippen LogP) is 4.49. The van der Waals surface area contributed by atoms with Crippen molar-refractivity contribution in [3.63, 3.8) is 0 Å². The molecule has 0 aliphatic heterocycles. The number of benzene rings is 1. The van der Waals surface area contributed by atoms with Gasteiger partial charge in [0, 0.05) is 21.6 Å². The first-order valence-corrected chi connectivity index (χ1v) is 7.91. The summed E-state index contributed by atoms with van der Waals surface area (Å²) in [7, 11) is 0. The molecule has 1 atom stereocenters. The number of carboxylic acid groups (broad SMARTS) is 1. The van der Waals surface area contributed by atoms with Crippen LogP contribution in [0.5, 0.6) is 0 Å². The van der Waals surface area contributed by atoms with Crippen LogP contribution in [0, 0.1) is 0 Å². The molecule has 5 nitrogen and oxygen atoms in total. The van der Waals surface area contributed by atoms with Gasteiger partial charge in [-0.05, 0) is 39.8 Å². The topological polar surface area (TPSA) is 66.8 Å². The number of carbonyl (C=O) groups excluding carboxylic acids is 1. The standard InChI is InChI=1S/C15H19BrClNO4/c1-5-18(14(21)22-15(2,3)4)12(13(19)20)10-7-6-9(17)8-11(10)16/h6-8,12H,5H2,1-4H3,(H,19,20). The Balaban J connectivity index is 3.22. The molecule has 1 aromatic carbocycles. The summed E-state index contributed by atoms with van der Waals surface area (Å²) < 4.78 is 5.81. The highest BCUT2D eigenvalue weighted by Crippen LogP contribution is 2.31. The summed E-state index contributed by atoms with van der Waals surface area (Å²) in [6.45, 7) is 7.08. The Bertz CT molecular complexity index is 571. The number of halogens is 2. The highest BCUT2D eigenvalue weighted by atomic mass is 79.9. The van der Waals surface area contributed by atoms with Crippen LogP contribution in [0.1, 0.15) is 39.3 Å². The molecule has 0 bridgehead atoms. The van der Waals surface area contributed by atoms with E-state index in [9.17, 15) is 14.7 Å². The van der Waals surface area contributed by atoms with E-state index in [0.29, 0.717) is 15.1 Å². The zero-order valence-corrected chi connectivity index (χ0v) is 15.2. The summed E-state index contributed by atoms with van der Waals surface area (Å²) in [4.78, 5) is 25.2. The molecule has 0 aromatic heterocycles. The summed E-state index contributed by atoms with van der Waals surface area (Å²) in [6.07, 6.45) is -0.677. The fraction of sp³-hybridized carbons (Fsp3) is 0.467. The molecule has 1 aromatic rings. The van der Waals surface area contributed by atoms with Crippen molar-refractivity contribution < 1.29 is 19.4 Å². The van der Waals surface area contributed by atoms with E-state index in [1.807, 2.05) is 0 Å². The smallest absolute Gasteiger partial charge is 0.411 e. The van der Waals surface area contributed by atoms with Gasteiger partial charge >= 0.3 is 12.1 Å². The Labute approximate surface area is 143 Å². The van der Waals surface area contributed by atoms with Gasteiger partial charge in [0.05, 0.1) is 0 Å². The molecular formula is C15H19BrClNO4. The van der Waals surface area contributed by atoms with Crippen molar-refractivity contribution in [3.8, 4) is 0 Å². The second kappa shape index (κ2) is 7.33. The van der Waals surface area contributed by atoms with Gasteiger partial charge in [0.15, 0.2) is 6.04 Å². The summed E-state index contributed by atoms with van der Waals surface area (Å²) >= 11 is 9.18. The second-order valence-electron chi connectivity index (χ2n) is 5.67. The van der Waals surface area contributed by atoms with Gasteiger partial charge in [-0.25, -0.2) is 9.59 Å². The third-order valence-electron chi connectivity index (χ3n) is 2.77. The number of hydrogen-bond acceptors (Lipinski definition) is 3. The first kappa shape index (κ1) is 18.8. The summed E-state index contributed by atoms with van der Waals surface area (Å²) in [6, 6.07) is 3.60. The lowest BCUT2D eigenvalue weighted by molar-refractivity contribution is -0.143. The molecule has 0 saturated carbocycles. The first-order valence-electron chi connectivity index (χ1n) is 6.74. The van der Waals surface area contributed by atoms with E-state index in [4.69, 9.17) is 16.3 Å². The van der Waals surface area contributed by atoms with Crippen molar-refractivity contribution in [2.75, 3.05) is 6.54 Å². The van der Waals surface area contributed by atoms with Crippen molar-refractivity contribution in [2.24, 2.45) is 0 Å². The van der Waals surface area contributed by atoms with Gasteiger partial charge < -0.3 is 9.84 Å². The molecule has 0 aliphatic carbocycles. The molecule has 0 spiro atoms. The van der Waals surface area contributed by atoms with Gasteiger partial charge in [-0.15, -0.1) is 0 Å². The van der Waals surface area contributed by atoms with Crippen molar-refractivity contribution in [3.05, 3.63) is 33.3 Å². The molecule has 1 rings (SSSR count). The van der Waals surface area contributed by atoms with Crippen molar-refractivity contribution in [1.29, 1.82) is 0 Å². The Morgan fingerprint density at radius 1 is 1.41 bits per heavy atom. The summed E-state index contributed by atoms with van der Waals surface area (Å²) in [5, 5.41) is 10.0. The van der Waals surface area contributed by atoms with Crippen LogP contribution in [0.2, 0.25) is 5.02 Å². The zero-order valence-electron chi connectivity index (χ0n) is 12.9. The number of amides is 1. The van der Waals surface area contributed by atoms with Crippen LogP contribution in [-0.4, -0.2) is 34.2 Å². The molecule has 1 unspecified atom stereocenters. The van der Waals surface area contributed by atoms with E-state index in [0.717, 1.165) is 0 Å². The van der Waals surface area contributed by atoms with Crippen molar-refractivity contribution >= 4 is 39.6 Å². The second-order valence-corrected chi connectivity index (χ2v) is 6.96. The van der Waals surface area contributed by atoms with Crippen LogP contribution in [0.4, 0.5) is 4.79 Å². The lowest BCUT2D eigenvalue weighted by atomic mass is 10.1. The predicted molar refractivity (Wildman–Crippen MR) is 88.1 cm³/mol. The fourth-order valence-electron chi connectivity index (χ4n) is 1.90. The number of aliphatic carboxylic acids is 1. The Morgan fingerprint density at radius 2 is 2.00 bits per heavy atom. The molecule has 0 fully saturated rings. The van der Waals surface area contributed by atoms with Crippen LogP contribution >= 0.6 is 27.5 Å². The number of hydrogen-bond donors (Lipinski definition) is 1. The molecule has 122 valence electrons. The van der Waals surface area contributed by atoms with E-state index < -0.39 is 23.7 Å². The average molecular weight is 393 g/mol. The lowest BCUT2D eigenvalue weighted by Crippen LogP contribution is -2.42. The maximum Gasteiger partial charge on any atom is 0.411 e. The van der Waals surface area contributed by atoms with E-state index >= 15 is 0 Å². The monoisotopic (exact) mass is 391 g/mol. The van der Waals surface area contributed by atoms with Crippen LogP contribution in [0.15, 0.2) is 22.7 Å². The molecule has 7 heteroatoms. The molecule has 0 saturated heterocycles. The minimum Gasteiger partial charge on any atom is -0.479 e. The highest BCUT2D eigenvalue weighted by Gasteiger charge is 2.34. The van der Waals surface area contributed by atoms with Gasteiger partial charge in [0.1, 0.15) is 5.60 Å². The Morgan fingerprint density at radius 3 is 2.41 bits per heavy atom. The minimum atomic E-state index is -1.16. The molecule has 0 radical (unpaired) electrons. The van der Waals surface area contributed by atoms with Crippen LogP contribution < -0.4 is 0 Å². The Kier molecular flexibility index (Phi) is 6.26. The molecule has 22 heavy (non-hydrogen) atoms. The minimum absolute atomic E-state index is 0.195. The van der Waals surface area contributed by atoms with Gasteiger partial charge in [-0.3, -0.25) is 4.90 Å². The SMILES string of the molecule is CCN(C(=O)OC(C)(C)C)C(C(=O)O)c1ccc(Cl)cc1Br. The summed E-state index contributed by atoms with van der Waals surface area (Å²) in [5.41, 5.74) is -0.269. The largest absolute Gasteiger partial charge is 0.479 e. The van der Waals surface area contributed by atoms with E-state index in [2.05, 4.69) is 15.9 Å². The maximum absolute atomic E-state index is 12.3. The van der Waals surface area contributed by atoms with Crippen LogP contribution in [0.3, 0.4) is 0 Å². The lowest BCUT2D eigenvalue weighted by Gasteiger charge is -2.31.